The molecule has 1 aliphatic rings. The van der Waals surface area contributed by atoms with Crippen LogP contribution in [0.1, 0.15) is 41.7 Å². The van der Waals surface area contributed by atoms with E-state index in [1.165, 1.54) is 12.8 Å². The summed E-state index contributed by atoms with van der Waals surface area (Å²) in [5.74, 6) is 0.601. The number of amides is 1. The Balaban J connectivity index is 1.60. The van der Waals surface area contributed by atoms with Crippen molar-refractivity contribution in [2.75, 3.05) is 18.4 Å². The van der Waals surface area contributed by atoms with E-state index in [1.807, 2.05) is 29.2 Å². The van der Waals surface area contributed by atoms with Crippen LogP contribution in [0.15, 0.2) is 36.7 Å². The minimum absolute atomic E-state index is 0.0259. The van der Waals surface area contributed by atoms with Crippen LogP contribution in [0.3, 0.4) is 0 Å². The monoisotopic (exact) mass is 344 g/mol. The van der Waals surface area contributed by atoms with Gasteiger partial charge in [-0.3, -0.25) is 4.79 Å². The number of hydrogen-bond donors (Lipinski definition) is 1. The standard InChI is InChI=1S/C18H21ClN4O/c19-15-8-4-3-7-14(15)11-21-17-13-20-16(12-22-17)18(24)23-9-5-1-2-6-10-23/h3-4,7-8,12-13H,1-2,5-6,9-11H2,(H,21,22). The first-order chi connectivity index (χ1) is 11.7. The van der Waals surface area contributed by atoms with Gasteiger partial charge >= 0.3 is 0 Å². The summed E-state index contributed by atoms with van der Waals surface area (Å²) >= 11 is 6.13. The van der Waals surface area contributed by atoms with Gasteiger partial charge in [-0.15, -0.1) is 0 Å². The summed E-state index contributed by atoms with van der Waals surface area (Å²) in [6.45, 7) is 2.19. The number of hydrogen-bond acceptors (Lipinski definition) is 4. The molecule has 1 aliphatic heterocycles. The summed E-state index contributed by atoms with van der Waals surface area (Å²) in [7, 11) is 0. The summed E-state index contributed by atoms with van der Waals surface area (Å²) in [5, 5.41) is 3.89. The molecule has 126 valence electrons. The average molecular weight is 345 g/mol. The second kappa shape index (κ2) is 8.11. The highest BCUT2D eigenvalue weighted by Crippen LogP contribution is 2.16. The summed E-state index contributed by atoms with van der Waals surface area (Å²) in [5.41, 5.74) is 1.39. The van der Waals surface area contributed by atoms with Gasteiger partial charge in [0.15, 0.2) is 0 Å². The first-order valence-electron chi connectivity index (χ1n) is 8.32. The van der Waals surface area contributed by atoms with Gasteiger partial charge in [-0.2, -0.15) is 0 Å². The zero-order chi connectivity index (χ0) is 16.8. The number of nitrogens with one attached hydrogen (secondary N) is 1. The largest absolute Gasteiger partial charge is 0.365 e. The van der Waals surface area contributed by atoms with Crippen LogP contribution in [0, 0.1) is 0 Å². The van der Waals surface area contributed by atoms with Crippen LogP contribution in [0.4, 0.5) is 5.82 Å². The van der Waals surface area contributed by atoms with Crippen LogP contribution in [0.5, 0.6) is 0 Å². The van der Waals surface area contributed by atoms with Crippen molar-refractivity contribution in [2.45, 2.75) is 32.2 Å². The lowest BCUT2D eigenvalue weighted by Crippen LogP contribution is -2.32. The second-order valence-electron chi connectivity index (χ2n) is 5.94. The molecule has 1 amide bonds. The van der Waals surface area contributed by atoms with Crippen LogP contribution in [-0.2, 0) is 6.54 Å². The Morgan fingerprint density at radius 3 is 2.50 bits per heavy atom. The quantitative estimate of drug-likeness (QED) is 0.917. The van der Waals surface area contributed by atoms with Gasteiger partial charge in [-0.1, -0.05) is 42.6 Å². The van der Waals surface area contributed by atoms with Gasteiger partial charge in [0, 0.05) is 24.7 Å². The molecule has 1 aromatic carbocycles. The van der Waals surface area contributed by atoms with Crippen molar-refractivity contribution in [2.24, 2.45) is 0 Å². The molecule has 0 bridgehead atoms. The third kappa shape index (κ3) is 4.23. The SMILES string of the molecule is O=C(c1cnc(NCc2ccccc2Cl)cn1)N1CCCCCC1. The van der Waals surface area contributed by atoms with E-state index in [1.54, 1.807) is 12.4 Å². The van der Waals surface area contributed by atoms with E-state index in [4.69, 9.17) is 11.6 Å². The molecule has 0 radical (unpaired) electrons. The molecule has 0 atom stereocenters. The molecule has 2 heterocycles. The molecule has 0 unspecified atom stereocenters. The highest BCUT2D eigenvalue weighted by atomic mass is 35.5. The van der Waals surface area contributed by atoms with Crippen LogP contribution in [0.2, 0.25) is 5.02 Å². The highest BCUT2D eigenvalue weighted by molar-refractivity contribution is 6.31. The molecule has 3 rings (SSSR count). The molecule has 0 spiro atoms. The zero-order valence-electron chi connectivity index (χ0n) is 13.5. The van der Waals surface area contributed by atoms with Crippen molar-refractivity contribution in [3.63, 3.8) is 0 Å². The first-order valence-corrected chi connectivity index (χ1v) is 8.70. The van der Waals surface area contributed by atoms with Gasteiger partial charge in [0.1, 0.15) is 11.5 Å². The fraction of sp³-hybridized carbons (Fsp3) is 0.389. The number of benzene rings is 1. The number of nitrogens with zero attached hydrogens (tertiary/aromatic N) is 3. The van der Waals surface area contributed by atoms with Gasteiger partial charge in [0.2, 0.25) is 0 Å². The lowest BCUT2D eigenvalue weighted by Gasteiger charge is -2.19. The number of carbonyl (C=O) groups excluding carboxylic acids is 1. The van der Waals surface area contributed by atoms with Crippen molar-refractivity contribution < 1.29 is 4.79 Å². The molecule has 5 nitrogen and oxygen atoms in total. The third-order valence-electron chi connectivity index (χ3n) is 4.18. The summed E-state index contributed by atoms with van der Waals surface area (Å²) in [6, 6.07) is 7.65. The van der Waals surface area contributed by atoms with Crippen LogP contribution in [-0.4, -0.2) is 33.9 Å². The Bertz CT molecular complexity index is 682. The number of carbonyl (C=O) groups is 1. The molecule has 1 N–H and O–H groups in total. The molecule has 1 aromatic heterocycles. The van der Waals surface area contributed by atoms with E-state index in [9.17, 15) is 4.79 Å². The molecular formula is C18H21ClN4O. The maximum absolute atomic E-state index is 12.5. The molecule has 2 aromatic rings. The summed E-state index contributed by atoms with van der Waals surface area (Å²) in [4.78, 5) is 22.9. The van der Waals surface area contributed by atoms with Crippen molar-refractivity contribution in [3.8, 4) is 0 Å². The van der Waals surface area contributed by atoms with Crippen molar-refractivity contribution in [3.05, 3.63) is 52.9 Å². The summed E-state index contributed by atoms with van der Waals surface area (Å²) in [6.07, 6.45) is 7.66. The molecule has 0 aliphatic carbocycles. The number of halogens is 1. The normalized spacial score (nSPS) is 15.0. The van der Waals surface area contributed by atoms with E-state index < -0.39 is 0 Å². The Labute approximate surface area is 147 Å². The van der Waals surface area contributed by atoms with Crippen molar-refractivity contribution in [1.82, 2.24) is 14.9 Å². The Morgan fingerprint density at radius 1 is 1.08 bits per heavy atom. The summed E-state index contributed by atoms with van der Waals surface area (Å²) < 4.78 is 0. The fourth-order valence-electron chi connectivity index (χ4n) is 2.79. The van der Waals surface area contributed by atoms with E-state index in [0.717, 1.165) is 31.5 Å². The van der Waals surface area contributed by atoms with Gasteiger partial charge < -0.3 is 10.2 Å². The molecule has 0 saturated carbocycles. The lowest BCUT2D eigenvalue weighted by molar-refractivity contribution is 0.0755. The van der Waals surface area contributed by atoms with Crippen LogP contribution < -0.4 is 5.32 Å². The van der Waals surface area contributed by atoms with E-state index >= 15 is 0 Å². The lowest BCUT2D eigenvalue weighted by atomic mass is 10.2. The predicted octanol–water partition coefficient (Wildman–Crippen LogP) is 3.76. The molecule has 6 heteroatoms. The van der Waals surface area contributed by atoms with E-state index in [-0.39, 0.29) is 5.91 Å². The highest BCUT2D eigenvalue weighted by Gasteiger charge is 2.18. The smallest absolute Gasteiger partial charge is 0.274 e. The molecule has 1 fully saturated rings. The van der Waals surface area contributed by atoms with Gasteiger partial charge in [0.25, 0.3) is 5.91 Å². The van der Waals surface area contributed by atoms with E-state index in [0.29, 0.717) is 23.1 Å². The number of aromatic nitrogens is 2. The minimum Gasteiger partial charge on any atom is -0.365 e. The van der Waals surface area contributed by atoms with Crippen LogP contribution >= 0.6 is 11.6 Å². The Morgan fingerprint density at radius 2 is 1.83 bits per heavy atom. The molecule has 24 heavy (non-hydrogen) atoms. The topological polar surface area (TPSA) is 58.1 Å². The predicted molar refractivity (Wildman–Crippen MR) is 95.2 cm³/mol. The minimum atomic E-state index is -0.0259. The second-order valence-corrected chi connectivity index (χ2v) is 6.35. The van der Waals surface area contributed by atoms with Crippen molar-refractivity contribution >= 4 is 23.3 Å². The van der Waals surface area contributed by atoms with Gasteiger partial charge in [0.05, 0.1) is 12.4 Å². The van der Waals surface area contributed by atoms with Gasteiger partial charge in [-0.05, 0) is 24.5 Å². The number of rotatable bonds is 4. The molecule has 1 saturated heterocycles. The fourth-order valence-corrected chi connectivity index (χ4v) is 3.00. The zero-order valence-corrected chi connectivity index (χ0v) is 14.3. The van der Waals surface area contributed by atoms with Crippen LogP contribution in [0.25, 0.3) is 0 Å². The maximum Gasteiger partial charge on any atom is 0.274 e. The number of likely N-dealkylation sites (tertiary alicyclic amines) is 1. The first kappa shape index (κ1) is 16.7. The third-order valence-corrected chi connectivity index (χ3v) is 4.55. The van der Waals surface area contributed by atoms with Crippen molar-refractivity contribution in [1.29, 1.82) is 0 Å². The number of anilines is 1. The molecular weight excluding hydrogens is 324 g/mol. The Kier molecular flexibility index (Phi) is 5.64. The van der Waals surface area contributed by atoms with E-state index in [2.05, 4.69) is 15.3 Å². The average Bonchev–Trinajstić information content (AvgIpc) is 2.90. The van der Waals surface area contributed by atoms with Gasteiger partial charge in [-0.25, -0.2) is 9.97 Å². The Hall–Kier alpha value is -2.14. The maximum atomic E-state index is 12.5.